The van der Waals surface area contributed by atoms with Crippen molar-refractivity contribution in [2.45, 2.75) is 26.2 Å². The van der Waals surface area contributed by atoms with Gasteiger partial charge in [0.15, 0.2) is 0 Å². The maximum atomic E-state index is 12.8. The number of benzene rings is 1. The number of hydrogen-bond donors (Lipinski definition) is 0. The molecule has 0 aromatic heterocycles. The number of hydrogen-bond acceptors (Lipinski definition) is 1. The van der Waals surface area contributed by atoms with Gasteiger partial charge >= 0.3 is 6.16 Å². The summed E-state index contributed by atoms with van der Waals surface area (Å²) in [5.74, 6) is 0. The third kappa shape index (κ3) is 3.50. The molecule has 0 aliphatic carbocycles. The van der Waals surface area contributed by atoms with Gasteiger partial charge in [0.1, 0.15) is 0 Å². The molecule has 0 N–H and O–H groups in total. The maximum Gasteiger partial charge on any atom is 0.404 e. The van der Waals surface area contributed by atoms with Crippen molar-refractivity contribution in [3.05, 3.63) is 18.2 Å². The van der Waals surface area contributed by atoms with Gasteiger partial charge in [-0.3, -0.25) is 4.90 Å². The first kappa shape index (κ1) is 14.1. The van der Waals surface area contributed by atoms with Crippen molar-refractivity contribution in [1.82, 2.24) is 0 Å². The summed E-state index contributed by atoms with van der Waals surface area (Å²) in [7, 11) is -0.393. The van der Waals surface area contributed by atoms with Gasteiger partial charge in [0, 0.05) is 12.7 Å². The van der Waals surface area contributed by atoms with Crippen LogP contribution in [0.3, 0.4) is 0 Å². The molecule has 0 bridgehead atoms. The molecule has 0 aliphatic rings. The Balaban J connectivity index is 3.26. The minimum atomic E-state index is -1.40. The minimum Gasteiger partial charge on any atom is -0.287 e. The maximum absolute atomic E-state index is 12.8. The number of carbonyl (C=O) groups excluding carboxylic acids is 1. The van der Waals surface area contributed by atoms with Gasteiger partial charge in [0.25, 0.3) is 0 Å². The van der Waals surface area contributed by atoms with Crippen LogP contribution in [0.5, 0.6) is 0 Å². The van der Waals surface area contributed by atoms with E-state index in [1.165, 1.54) is 17.4 Å². The molecule has 0 spiro atoms. The fraction of sp³-hybridized carbons (Fsp3) is 0.417. The van der Waals surface area contributed by atoms with Crippen LogP contribution < -0.4 is 15.3 Å². The lowest BCUT2D eigenvalue weighted by Gasteiger charge is -2.18. The van der Waals surface area contributed by atoms with E-state index in [-0.39, 0.29) is 0 Å². The number of amides is 1. The molecule has 5 heteroatoms. The summed E-state index contributed by atoms with van der Waals surface area (Å²) in [5.41, 5.74) is 0.687. The van der Waals surface area contributed by atoms with Crippen molar-refractivity contribution in [3.8, 4) is 0 Å². The number of rotatable bonds is 3. The molecule has 0 fully saturated rings. The third-order valence-corrected chi connectivity index (χ3v) is 6.28. The summed E-state index contributed by atoms with van der Waals surface area (Å²) in [6.07, 6.45) is -1.40. The highest BCUT2D eigenvalue weighted by Crippen LogP contribution is 2.11. The molecular formula is C12H20FNOSi2. The number of halogens is 1. The van der Waals surface area contributed by atoms with Crippen molar-refractivity contribution < 1.29 is 9.18 Å². The standard InChI is InChI=1S/C12H20FNOSi2/c1-14(12(13)15)9-6-10(16(2)3)8-11(7-9)17(4)5/h6-8,16-17H,1-5H3. The quantitative estimate of drug-likeness (QED) is 0.464. The SMILES string of the molecule is CN(C(=O)F)c1cc([SiH](C)C)cc([SiH](C)C)c1. The minimum absolute atomic E-state index is 0.687. The fourth-order valence-corrected chi connectivity index (χ4v) is 3.87. The molecule has 0 unspecified atom stereocenters. The van der Waals surface area contributed by atoms with E-state index >= 15 is 0 Å². The van der Waals surface area contributed by atoms with E-state index in [9.17, 15) is 9.18 Å². The van der Waals surface area contributed by atoms with Gasteiger partial charge in [-0.15, -0.1) is 4.39 Å². The average molecular weight is 269 g/mol. The van der Waals surface area contributed by atoms with E-state index in [1.54, 1.807) is 0 Å². The normalized spacial score (nSPS) is 11.1. The van der Waals surface area contributed by atoms with Crippen LogP contribution >= 0.6 is 0 Å². The highest BCUT2D eigenvalue weighted by Gasteiger charge is 2.14. The smallest absolute Gasteiger partial charge is 0.287 e. The van der Waals surface area contributed by atoms with Crippen molar-refractivity contribution in [1.29, 1.82) is 0 Å². The Morgan fingerprint density at radius 1 is 1.06 bits per heavy atom. The third-order valence-electron chi connectivity index (χ3n) is 2.95. The Kier molecular flexibility index (Phi) is 4.65. The number of nitrogens with zero attached hydrogens (tertiary/aromatic N) is 1. The van der Waals surface area contributed by atoms with Crippen molar-refractivity contribution in [3.63, 3.8) is 0 Å². The molecule has 0 saturated carbocycles. The zero-order valence-corrected chi connectivity index (χ0v) is 13.4. The average Bonchev–Trinajstić information content (AvgIpc) is 2.27. The van der Waals surface area contributed by atoms with Gasteiger partial charge in [-0.25, -0.2) is 4.79 Å². The number of carbonyl (C=O) groups is 1. The molecule has 1 amide bonds. The lowest BCUT2D eigenvalue weighted by Crippen LogP contribution is -2.34. The van der Waals surface area contributed by atoms with Crippen molar-refractivity contribution in [2.75, 3.05) is 11.9 Å². The summed E-state index contributed by atoms with van der Waals surface area (Å²) in [6, 6.07) is 6.15. The predicted octanol–water partition coefficient (Wildman–Crippen LogP) is 1.60. The second-order valence-corrected chi connectivity index (χ2v) is 10.9. The second-order valence-electron chi connectivity index (χ2n) is 4.98. The lowest BCUT2D eigenvalue weighted by molar-refractivity contribution is 0.229. The Bertz CT molecular complexity index is 395. The van der Waals surface area contributed by atoms with Crippen molar-refractivity contribution >= 4 is 39.8 Å². The van der Waals surface area contributed by atoms with Crippen LogP contribution in [0.15, 0.2) is 18.2 Å². The number of anilines is 1. The van der Waals surface area contributed by atoms with Crippen LogP contribution in [0.4, 0.5) is 14.9 Å². The zero-order chi connectivity index (χ0) is 13.2. The van der Waals surface area contributed by atoms with E-state index in [0.717, 1.165) is 4.90 Å². The van der Waals surface area contributed by atoms with Crippen LogP contribution in [-0.4, -0.2) is 30.8 Å². The van der Waals surface area contributed by atoms with E-state index < -0.39 is 23.8 Å². The van der Waals surface area contributed by atoms with Gasteiger partial charge in [0.05, 0.1) is 17.6 Å². The van der Waals surface area contributed by atoms with E-state index in [1.807, 2.05) is 12.1 Å². The van der Waals surface area contributed by atoms with Crippen molar-refractivity contribution in [2.24, 2.45) is 0 Å². The summed E-state index contributed by atoms with van der Waals surface area (Å²) in [4.78, 5) is 11.9. The van der Waals surface area contributed by atoms with Crippen LogP contribution in [0.25, 0.3) is 0 Å². The first-order valence-electron chi connectivity index (χ1n) is 5.91. The Morgan fingerprint density at radius 3 is 1.76 bits per heavy atom. The summed E-state index contributed by atoms with van der Waals surface area (Å²) in [6.45, 7) is 8.95. The fourth-order valence-electron chi connectivity index (χ4n) is 1.62. The van der Waals surface area contributed by atoms with E-state index in [4.69, 9.17) is 0 Å². The Hall–Kier alpha value is -0.946. The molecule has 0 atom stereocenters. The summed E-state index contributed by atoms with van der Waals surface area (Å²) >= 11 is 0. The molecule has 2 nitrogen and oxygen atoms in total. The summed E-state index contributed by atoms with van der Waals surface area (Å²) < 4.78 is 12.8. The van der Waals surface area contributed by atoms with Gasteiger partial charge in [-0.2, -0.15) is 0 Å². The largest absolute Gasteiger partial charge is 0.404 e. The van der Waals surface area contributed by atoms with Crippen LogP contribution in [-0.2, 0) is 0 Å². The molecule has 0 radical (unpaired) electrons. The molecule has 17 heavy (non-hydrogen) atoms. The molecule has 0 aliphatic heterocycles. The molecule has 0 heterocycles. The first-order valence-corrected chi connectivity index (χ1v) is 11.7. The summed E-state index contributed by atoms with van der Waals surface area (Å²) in [5, 5.41) is 2.60. The molecule has 0 saturated heterocycles. The highest BCUT2D eigenvalue weighted by atomic mass is 28.3. The van der Waals surface area contributed by atoms with Gasteiger partial charge < -0.3 is 0 Å². The van der Waals surface area contributed by atoms with Crippen LogP contribution in [0, 0.1) is 0 Å². The van der Waals surface area contributed by atoms with Crippen LogP contribution in [0.2, 0.25) is 26.2 Å². The molecule has 1 aromatic carbocycles. The van der Waals surface area contributed by atoms with Crippen LogP contribution in [0.1, 0.15) is 0 Å². The monoisotopic (exact) mass is 269 g/mol. The highest BCUT2D eigenvalue weighted by molar-refractivity contribution is 6.74. The van der Waals surface area contributed by atoms with Gasteiger partial charge in [0.2, 0.25) is 0 Å². The Morgan fingerprint density at radius 2 is 1.47 bits per heavy atom. The van der Waals surface area contributed by atoms with Gasteiger partial charge in [-0.1, -0.05) is 42.6 Å². The van der Waals surface area contributed by atoms with Gasteiger partial charge in [-0.05, 0) is 12.1 Å². The molecule has 1 aromatic rings. The zero-order valence-electron chi connectivity index (χ0n) is 11.1. The van der Waals surface area contributed by atoms with E-state index in [0.29, 0.717) is 5.69 Å². The van der Waals surface area contributed by atoms with E-state index in [2.05, 4.69) is 32.3 Å². The Labute approximate surface area is 106 Å². The molecule has 94 valence electrons. The second kappa shape index (κ2) is 5.59. The topological polar surface area (TPSA) is 20.3 Å². The molecular weight excluding hydrogens is 249 g/mol. The lowest BCUT2D eigenvalue weighted by atomic mass is 10.3. The first-order chi connectivity index (χ1) is 7.82. The predicted molar refractivity (Wildman–Crippen MR) is 78.4 cm³/mol. The molecule has 1 rings (SSSR count).